The summed E-state index contributed by atoms with van der Waals surface area (Å²) in [4.78, 5) is 18.2. The summed E-state index contributed by atoms with van der Waals surface area (Å²) in [7, 11) is -1.99. The van der Waals surface area contributed by atoms with Crippen molar-refractivity contribution >= 4 is 14.1 Å². The second-order valence-electron chi connectivity index (χ2n) is 10.5. The van der Waals surface area contributed by atoms with Gasteiger partial charge < -0.3 is 4.43 Å². The lowest BCUT2D eigenvalue weighted by molar-refractivity contribution is 0.0891. The first-order chi connectivity index (χ1) is 16.6. The van der Waals surface area contributed by atoms with E-state index in [4.69, 9.17) is 4.43 Å². The molecule has 0 amide bonds. The van der Waals surface area contributed by atoms with Crippen LogP contribution in [-0.2, 0) is 4.43 Å². The zero-order valence-electron chi connectivity index (χ0n) is 22.1. The molecular formula is C30H40N2O2Si. The Kier molecular flexibility index (Phi) is 8.74. The molecule has 35 heavy (non-hydrogen) atoms. The maximum Gasteiger partial charge on any atom is 0.203 e. The van der Waals surface area contributed by atoms with E-state index in [2.05, 4.69) is 71.5 Å². The van der Waals surface area contributed by atoms with Crippen molar-refractivity contribution in [2.45, 2.75) is 64.6 Å². The molecule has 4 nitrogen and oxygen atoms in total. The second kappa shape index (κ2) is 11.4. The van der Waals surface area contributed by atoms with Gasteiger partial charge in [-0.3, -0.25) is 9.36 Å². The van der Waals surface area contributed by atoms with Gasteiger partial charge in [0.1, 0.15) is 0 Å². The first-order valence-electron chi connectivity index (χ1n) is 12.7. The van der Waals surface area contributed by atoms with Gasteiger partial charge in [-0.2, -0.15) is 0 Å². The molecule has 0 unspecified atom stereocenters. The van der Waals surface area contributed by atoms with Crippen molar-refractivity contribution in [3.05, 3.63) is 73.4 Å². The number of para-hydroxylation sites is 1. The van der Waals surface area contributed by atoms with Crippen LogP contribution in [0.3, 0.4) is 0 Å². The quantitative estimate of drug-likeness (QED) is 0.162. The predicted molar refractivity (Wildman–Crippen MR) is 147 cm³/mol. The maximum absolute atomic E-state index is 13.7. The van der Waals surface area contributed by atoms with E-state index in [9.17, 15) is 4.79 Å². The van der Waals surface area contributed by atoms with E-state index < -0.39 is 8.32 Å². The van der Waals surface area contributed by atoms with Gasteiger partial charge in [0.2, 0.25) is 14.1 Å². The molecule has 1 heterocycles. The third kappa shape index (κ3) is 5.29. The van der Waals surface area contributed by atoms with E-state index in [1.54, 1.807) is 6.20 Å². The van der Waals surface area contributed by atoms with Crippen molar-refractivity contribution in [3.63, 3.8) is 0 Å². The fourth-order valence-corrected chi connectivity index (χ4v) is 11.4. The molecular weight excluding hydrogens is 448 g/mol. The number of hydrogen-bond acceptors (Lipinski definition) is 3. The maximum atomic E-state index is 13.7. The fourth-order valence-electron chi connectivity index (χ4n) is 6.08. The highest BCUT2D eigenvalue weighted by molar-refractivity contribution is 6.77. The van der Waals surface area contributed by atoms with E-state index >= 15 is 0 Å². The molecule has 0 spiro atoms. The van der Waals surface area contributed by atoms with Gasteiger partial charge >= 0.3 is 0 Å². The molecule has 2 aromatic rings. The minimum atomic E-state index is -1.99. The third-order valence-corrected chi connectivity index (χ3v) is 13.7. The van der Waals surface area contributed by atoms with E-state index in [1.807, 2.05) is 47.2 Å². The van der Waals surface area contributed by atoms with Gasteiger partial charge in [-0.1, -0.05) is 89.8 Å². The van der Waals surface area contributed by atoms with Crippen LogP contribution in [0, 0.1) is 29.6 Å². The molecule has 0 N–H and O–H groups in total. The Morgan fingerprint density at radius 3 is 2.37 bits per heavy atom. The molecule has 1 aliphatic carbocycles. The number of Topliss-reactive ketones (excluding diaryl/α,β-unsaturated/α-hetero) is 1. The molecule has 0 aliphatic heterocycles. The summed E-state index contributed by atoms with van der Waals surface area (Å²) in [5.41, 5.74) is 3.43. The third-order valence-electron chi connectivity index (χ3n) is 7.63. The minimum Gasteiger partial charge on any atom is -0.405 e. The number of nitrogens with zero attached hydrogens (tertiary/aromatic N) is 2. The number of hydrogen-bond donors (Lipinski definition) is 0. The van der Waals surface area contributed by atoms with Crippen molar-refractivity contribution in [1.29, 1.82) is 0 Å². The van der Waals surface area contributed by atoms with Gasteiger partial charge in [0.05, 0.1) is 6.61 Å². The van der Waals surface area contributed by atoms with Crippen LogP contribution >= 0.6 is 0 Å². The van der Waals surface area contributed by atoms with Gasteiger partial charge in [0, 0.05) is 35.8 Å². The van der Waals surface area contributed by atoms with Crippen molar-refractivity contribution in [2.24, 2.45) is 17.8 Å². The van der Waals surface area contributed by atoms with E-state index in [1.165, 1.54) is 0 Å². The molecule has 0 bridgehead atoms. The van der Waals surface area contributed by atoms with Gasteiger partial charge in [0.25, 0.3) is 0 Å². The van der Waals surface area contributed by atoms with Gasteiger partial charge in [-0.05, 0) is 35.2 Å². The monoisotopic (exact) mass is 488 g/mol. The lowest BCUT2D eigenvalue weighted by Gasteiger charge is -2.41. The minimum absolute atomic E-state index is 0.000153. The van der Waals surface area contributed by atoms with Gasteiger partial charge in [-0.15, -0.1) is 6.58 Å². The molecule has 1 aromatic heterocycles. The standard InChI is InChI=1S/C30H40N2O2Si/c1-9-26-24(8)20-28(29(33)30-31-17-18-32(30)25-14-11-10-12-15-25)27(26)16-13-19-34-35(21(2)3,22(4)5)23(6)7/h9-12,14-15,17-18,21-23,26-28H,1,8,19-20H2,2-7H3/t26-,27-,28-/m0/s1. The van der Waals surface area contributed by atoms with E-state index in [0.717, 1.165) is 11.3 Å². The number of carbonyl (C=O) groups excluding carboxylic acids is 1. The summed E-state index contributed by atoms with van der Waals surface area (Å²) in [6.07, 6.45) is 5.99. The van der Waals surface area contributed by atoms with Crippen LogP contribution in [0.4, 0.5) is 0 Å². The predicted octanol–water partition coefficient (Wildman–Crippen LogP) is 7.25. The van der Waals surface area contributed by atoms with Crippen LogP contribution in [-0.4, -0.2) is 30.3 Å². The zero-order valence-corrected chi connectivity index (χ0v) is 23.1. The summed E-state index contributed by atoms with van der Waals surface area (Å²) < 4.78 is 8.49. The Morgan fingerprint density at radius 1 is 1.17 bits per heavy atom. The summed E-state index contributed by atoms with van der Waals surface area (Å²) in [6, 6.07) is 9.82. The van der Waals surface area contributed by atoms with Crippen LogP contribution in [0.25, 0.3) is 5.69 Å². The number of imidazole rings is 1. The smallest absolute Gasteiger partial charge is 0.203 e. The number of aromatic nitrogens is 2. The highest BCUT2D eigenvalue weighted by Crippen LogP contribution is 2.43. The van der Waals surface area contributed by atoms with E-state index in [-0.39, 0.29) is 23.5 Å². The number of rotatable bonds is 9. The van der Waals surface area contributed by atoms with Crippen molar-refractivity contribution < 1.29 is 9.22 Å². The van der Waals surface area contributed by atoms with Gasteiger partial charge in [-0.25, -0.2) is 4.98 Å². The Balaban J connectivity index is 1.86. The van der Waals surface area contributed by atoms with Crippen molar-refractivity contribution in [1.82, 2.24) is 9.55 Å². The number of allylic oxidation sites excluding steroid dienone is 2. The first-order valence-corrected chi connectivity index (χ1v) is 14.8. The molecule has 0 saturated heterocycles. The Hall–Kier alpha value is -2.68. The van der Waals surface area contributed by atoms with E-state index in [0.29, 0.717) is 35.5 Å². The first kappa shape index (κ1) is 26.9. The van der Waals surface area contributed by atoms with Crippen molar-refractivity contribution in [2.75, 3.05) is 6.61 Å². The summed E-state index contributed by atoms with van der Waals surface area (Å²) >= 11 is 0. The molecule has 1 saturated carbocycles. The summed E-state index contributed by atoms with van der Waals surface area (Å²) in [5, 5.41) is 0. The lowest BCUT2D eigenvalue weighted by atomic mass is 9.86. The lowest BCUT2D eigenvalue weighted by Crippen LogP contribution is -2.47. The molecule has 5 heteroatoms. The molecule has 1 fully saturated rings. The summed E-state index contributed by atoms with van der Waals surface area (Å²) in [5.74, 6) is 6.66. The molecule has 1 aromatic carbocycles. The number of ketones is 1. The second-order valence-corrected chi connectivity index (χ2v) is 16.0. The van der Waals surface area contributed by atoms with Crippen LogP contribution < -0.4 is 0 Å². The van der Waals surface area contributed by atoms with Crippen LogP contribution in [0.1, 0.15) is 58.6 Å². The topological polar surface area (TPSA) is 44.1 Å². The SMILES string of the molecule is C=C[C@H]1C(=C)C[C@H](C(=O)c2nccn2-c2ccccc2)[C@H]1C#CCO[Si](C(C)C)(C(C)C)C(C)C. The largest absolute Gasteiger partial charge is 0.405 e. The molecule has 3 rings (SSSR count). The molecule has 3 atom stereocenters. The van der Waals surface area contributed by atoms with Crippen molar-refractivity contribution in [3.8, 4) is 17.5 Å². The molecule has 1 aliphatic rings. The molecule has 186 valence electrons. The highest BCUT2D eigenvalue weighted by atomic mass is 28.4. The Labute approximate surface area is 212 Å². The number of carbonyl (C=O) groups is 1. The fraction of sp³-hybridized carbons (Fsp3) is 0.467. The Morgan fingerprint density at radius 2 is 1.80 bits per heavy atom. The van der Waals surface area contributed by atoms with Crippen LogP contribution in [0.5, 0.6) is 0 Å². The number of benzene rings is 1. The summed E-state index contributed by atoms with van der Waals surface area (Å²) in [6.45, 7) is 22.3. The average Bonchev–Trinajstić information content (AvgIpc) is 3.43. The normalized spacial score (nSPS) is 20.4. The average molecular weight is 489 g/mol. The van der Waals surface area contributed by atoms with Gasteiger partial charge in [0.15, 0.2) is 5.82 Å². The Bertz CT molecular complexity index is 1080. The highest BCUT2D eigenvalue weighted by Gasteiger charge is 2.45. The molecule has 0 radical (unpaired) electrons. The van der Waals surface area contributed by atoms with Crippen LogP contribution in [0.2, 0.25) is 16.6 Å². The van der Waals surface area contributed by atoms with Crippen LogP contribution in [0.15, 0.2) is 67.5 Å². The zero-order chi connectivity index (χ0) is 25.8.